The molecule has 1 aliphatic carbocycles. The number of Topliss-reactive ketones (excluding diaryl/α,β-unsaturated/α-hetero) is 1. The molecular formula is C36H20N4OSe. The summed E-state index contributed by atoms with van der Waals surface area (Å²) in [6.07, 6.45) is 3.65. The molecule has 0 atom stereocenters. The summed E-state index contributed by atoms with van der Waals surface area (Å²) in [6.45, 7) is 7.68. The van der Waals surface area contributed by atoms with E-state index in [4.69, 9.17) is 6.57 Å². The second-order valence-electron chi connectivity index (χ2n) is 9.81. The van der Waals surface area contributed by atoms with E-state index in [2.05, 4.69) is 51.1 Å². The van der Waals surface area contributed by atoms with Gasteiger partial charge in [-0.3, -0.25) is 0 Å². The van der Waals surface area contributed by atoms with Gasteiger partial charge in [-0.05, 0) is 0 Å². The number of aromatic nitrogens is 1. The van der Waals surface area contributed by atoms with Crippen LogP contribution in [-0.2, 0) is 0 Å². The van der Waals surface area contributed by atoms with Gasteiger partial charge in [0.05, 0.1) is 0 Å². The summed E-state index contributed by atoms with van der Waals surface area (Å²) in [7, 11) is 0. The third-order valence-corrected chi connectivity index (χ3v) is 9.49. The maximum absolute atomic E-state index is 13.8. The monoisotopic (exact) mass is 604 g/mol. The number of fused-ring (bicyclic) bond motifs is 3. The number of pyridine rings is 1. The number of anilines is 3. The summed E-state index contributed by atoms with van der Waals surface area (Å²) in [5.41, 5.74) is 2.90. The van der Waals surface area contributed by atoms with Crippen LogP contribution in [0.2, 0.25) is 0 Å². The van der Waals surface area contributed by atoms with Gasteiger partial charge in [-0.15, -0.1) is 0 Å². The number of ketones is 1. The van der Waals surface area contributed by atoms with Crippen molar-refractivity contribution < 1.29 is 4.79 Å². The van der Waals surface area contributed by atoms with E-state index in [1.165, 1.54) is 0 Å². The number of carbonyl (C=O) groups is 1. The molecule has 6 aromatic rings. The quantitative estimate of drug-likeness (QED) is 0.0880. The fourth-order valence-corrected chi connectivity index (χ4v) is 7.48. The van der Waals surface area contributed by atoms with Crippen LogP contribution in [0.15, 0.2) is 127 Å². The second kappa shape index (κ2) is 10.5. The Labute approximate surface area is 248 Å². The Bertz CT molecular complexity index is 2180. The van der Waals surface area contributed by atoms with E-state index < -0.39 is 0 Å². The van der Waals surface area contributed by atoms with Crippen LogP contribution >= 0.6 is 0 Å². The summed E-state index contributed by atoms with van der Waals surface area (Å²) in [4.78, 5) is 24.1. The van der Waals surface area contributed by atoms with Crippen molar-refractivity contribution >= 4 is 69.5 Å². The summed E-state index contributed by atoms with van der Waals surface area (Å²) < 4.78 is 2.04. The van der Waals surface area contributed by atoms with Gasteiger partial charge in [0, 0.05) is 0 Å². The van der Waals surface area contributed by atoms with Crippen LogP contribution in [0.25, 0.3) is 38.0 Å². The molecule has 0 saturated heterocycles. The van der Waals surface area contributed by atoms with Crippen molar-refractivity contribution in [2.45, 2.75) is 0 Å². The fraction of sp³-hybridized carbons (Fsp3) is 0. The van der Waals surface area contributed by atoms with Gasteiger partial charge in [0.15, 0.2) is 0 Å². The van der Waals surface area contributed by atoms with Crippen LogP contribution in [0.3, 0.4) is 0 Å². The first-order valence-corrected chi connectivity index (χ1v) is 15.0. The van der Waals surface area contributed by atoms with E-state index >= 15 is 0 Å². The van der Waals surface area contributed by atoms with Crippen molar-refractivity contribution in [2.75, 3.05) is 4.90 Å². The molecule has 0 amide bonds. The molecule has 0 bridgehead atoms. The number of carbonyl (C=O) groups excluding carboxylic acids is 1. The molecule has 0 radical (unpaired) electrons. The number of nitriles is 1. The molecule has 2 aromatic heterocycles. The Balaban J connectivity index is 1.36. The summed E-state index contributed by atoms with van der Waals surface area (Å²) >= 11 is -0.175. The average Bonchev–Trinajstić information content (AvgIpc) is 3.60. The molecule has 0 aliphatic heterocycles. The van der Waals surface area contributed by atoms with Gasteiger partial charge in [0.2, 0.25) is 0 Å². The third-order valence-electron chi connectivity index (χ3n) is 7.36. The molecule has 0 fully saturated rings. The van der Waals surface area contributed by atoms with Gasteiger partial charge >= 0.3 is 249 Å². The van der Waals surface area contributed by atoms with Crippen LogP contribution in [0.1, 0.15) is 20.4 Å². The molecule has 5 nitrogen and oxygen atoms in total. The number of hydrogen-bond acceptors (Lipinski definition) is 4. The minimum atomic E-state index is -0.175. The van der Waals surface area contributed by atoms with Crippen molar-refractivity contribution in [2.24, 2.45) is 0 Å². The Kier molecular flexibility index (Phi) is 6.34. The average molecular weight is 604 g/mol. The molecule has 0 N–H and O–H groups in total. The first-order valence-electron chi connectivity index (χ1n) is 13.3. The molecule has 1 aliphatic rings. The van der Waals surface area contributed by atoms with E-state index in [1.54, 1.807) is 6.20 Å². The van der Waals surface area contributed by atoms with Crippen LogP contribution < -0.4 is 4.90 Å². The molecular weight excluding hydrogens is 583 g/mol. The zero-order valence-electron chi connectivity index (χ0n) is 22.2. The van der Waals surface area contributed by atoms with E-state index in [0.717, 1.165) is 42.0 Å². The van der Waals surface area contributed by atoms with Gasteiger partial charge in [0.25, 0.3) is 0 Å². The predicted octanol–water partition coefficient (Wildman–Crippen LogP) is 8.35. The fourth-order valence-electron chi connectivity index (χ4n) is 5.42. The first-order chi connectivity index (χ1) is 20.6. The van der Waals surface area contributed by atoms with E-state index in [1.807, 2.05) is 84.9 Å². The molecule has 196 valence electrons. The Morgan fingerprint density at radius 2 is 1.52 bits per heavy atom. The summed E-state index contributed by atoms with van der Waals surface area (Å²) in [6, 6.07) is 38.2. The molecule has 0 unspecified atom stereocenters. The van der Waals surface area contributed by atoms with Crippen molar-refractivity contribution in [1.82, 2.24) is 4.98 Å². The first kappa shape index (κ1) is 25.4. The van der Waals surface area contributed by atoms with E-state index in [0.29, 0.717) is 22.3 Å². The Morgan fingerprint density at radius 1 is 0.833 bits per heavy atom. The zero-order valence-corrected chi connectivity index (χ0v) is 23.9. The van der Waals surface area contributed by atoms with Crippen molar-refractivity contribution in [3.05, 3.63) is 154 Å². The third kappa shape index (κ3) is 4.33. The van der Waals surface area contributed by atoms with E-state index in [-0.39, 0.29) is 26.0 Å². The van der Waals surface area contributed by atoms with Crippen molar-refractivity contribution in [1.29, 1.82) is 5.26 Å². The van der Waals surface area contributed by atoms with Gasteiger partial charge < -0.3 is 0 Å². The molecule has 42 heavy (non-hydrogen) atoms. The molecule has 2 heterocycles. The molecule has 4 aromatic carbocycles. The van der Waals surface area contributed by atoms with Crippen LogP contribution in [0, 0.1) is 17.9 Å². The second-order valence-corrected chi connectivity index (χ2v) is 12.1. The topological polar surface area (TPSA) is 61.4 Å². The zero-order chi connectivity index (χ0) is 28.6. The van der Waals surface area contributed by atoms with Gasteiger partial charge in [-0.2, -0.15) is 0 Å². The summed E-state index contributed by atoms with van der Waals surface area (Å²) in [5.74, 6) is 0.642. The number of hydrogen-bond donors (Lipinski definition) is 0. The molecule has 7 rings (SSSR count). The molecule has 0 spiro atoms. The Hall–Kier alpha value is -5.52. The Morgan fingerprint density at radius 3 is 2.21 bits per heavy atom. The van der Waals surface area contributed by atoms with Crippen LogP contribution in [-0.4, -0.2) is 25.3 Å². The molecule has 0 saturated carbocycles. The number of allylic oxidation sites excluding steroid dienone is 3. The van der Waals surface area contributed by atoms with Gasteiger partial charge in [0.1, 0.15) is 0 Å². The van der Waals surface area contributed by atoms with Crippen LogP contribution in [0.4, 0.5) is 16.1 Å². The predicted molar refractivity (Wildman–Crippen MR) is 169 cm³/mol. The van der Waals surface area contributed by atoms with Crippen molar-refractivity contribution in [3.63, 3.8) is 0 Å². The van der Waals surface area contributed by atoms with Gasteiger partial charge in [-0.25, -0.2) is 0 Å². The standard InChI is InChI=1S/C36H20N4OSe/c1-38-32(22-37)35-29-19-25-10-4-5-11-26(25)20-30(29)36(41)31(35)21-28-15-16-34(42-28)40(33-12-6-7-17-39-33)27-14-13-23-8-2-3-9-24(23)18-27/h2-21H/b31-21+,35-32-. The van der Waals surface area contributed by atoms with Crippen LogP contribution in [0.5, 0.6) is 0 Å². The number of rotatable bonds is 4. The minimum absolute atomic E-state index is 0.0748. The molecule has 6 heteroatoms. The number of benzene rings is 4. The van der Waals surface area contributed by atoms with Crippen molar-refractivity contribution in [3.8, 4) is 6.07 Å². The summed E-state index contributed by atoms with van der Waals surface area (Å²) in [5, 5.41) is 14.0. The SMILES string of the molecule is [C-]#[N+]/C(C#N)=C1\C(=C/c2ccc(N(c3ccc4ccccc4c3)c3ccccn3)[se]2)C(=O)c2cc3ccccc3cc21. The van der Waals surface area contributed by atoms with E-state index in [9.17, 15) is 10.1 Å². The van der Waals surface area contributed by atoms with Gasteiger partial charge in [-0.1, -0.05) is 0 Å². The normalized spacial score (nSPS) is 14.5. The number of nitrogens with zero attached hydrogens (tertiary/aromatic N) is 4. The maximum atomic E-state index is 13.8.